The molecular formula is C16H17N7O2S. The van der Waals surface area contributed by atoms with Crippen LogP contribution in [-0.2, 0) is 0 Å². The van der Waals surface area contributed by atoms with Crippen LogP contribution < -0.4 is 15.8 Å². The van der Waals surface area contributed by atoms with Crippen LogP contribution in [0.15, 0.2) is 18.5 Å². The molecule has 3 aromatic rings. The zero-order valence-corrected chi connectivity index (χ0v) is 15.2. The van der Waals surface area contributed by atoms with Crippen molar-refractivity contribution in [3.63, 3.8) is 0 Å². The molecular weight excluding hydrogens is 354 g/mol. The van der Waals surface area contributed by atoms with E-state index in [1.54, 1.807) is 26.2 Å². The maximum atomic E-state index is 12.2. The summed E-state index contributed by atoms with van der Waals surface area (Å²) in [5, 5.41) is 10.9. The first-order valence-electron chi connectivity index (χ1n) is 7.52. The highest BCUT2D eigenvalue weighted by Gasteiger charge is 2.18. The van der Waals surface area contributed by atoms with Gasteiger partial charge in [-0.15, -0.1) is 0 Å². The number of ether oxygens (including phenoxy) is 1. The highest BCUT2D eigenvalue weighted by atomic mass is 32.1. The number of nitrogens with one attached hydrogen (secondary N) is 2. The van der Waals surface area contributed by atoms with Gasteiger partial charge in [0.1, 0.15) is 22.4 Å². The molecule has 0 bridgehead atoms. The second-order valence-corrected chi connectivity index (χ2v) is 6.52. The Morgan fingerprint density at radius 1 is 1.38 bits per heavy atom. The predicted octanol–water partition coefficient (Wildman–Crippen LogP) is 2.12. The lowest BCUT2D eigenvalue weighted by Crippen LogP contribution is -2.21. The molecule has 3 rings (SSSR count). The Morgan fingerprint density at radius 3 is 2.81 bits per heavy atom. The number of anilines is 3. The lowest BCUT2D eigenvalue weighted by molar-refractivity contribution is 0.0827. The number of carbonyl (C=O) groups excluding carboxylic acids is 1. The third-order valence-electron chi connectivity index (χ3n) is 3.60. The molecule has 0 radical (unpaired) electrons. The van der Waals surface area contributed by atoms with Gasteiger partial charge < -0.3 is 26.1 Å². The third kappa shape index (κ3) is 3.14. The van der Waals surface area contributed by atoms with Crippen molar-refractivity contribution >= 4 is 51.0 Å². The standard InChI is InChI=1S/C16H17N7O2S/c1-23(2)16(24)15-22-12-13(19-7-20-14(12)26-15)21-10-4-8(6-17)9(18)5-11(10)25-3/h4-7,17H,18H2,1-3H3,(H,19,20,21). The Labute approximate surface area is 153 Å². The van der Waals surface area contributed by atoms with Gasteiger partial charge in [0.2, 0.25) is 0 Å². The Kier molecular flexibility index (Phi) is 4.67. The van der Waals surface area contributed by atoms with Gasteiger partial charge in [0.25, 0.3) is 5.91 Å². The number of aromatic nitrogens is 3. The number of nitrogens with zero attached hydrogens (tertiary/aromatic N) is 4. The van der Waals surface area contributed by atoms with Crippen molar-refractivity contribution in [2.24, 2.45) is 0 Å². The second kappa shape index (κ2) is 6.92. The highest BCUT2D eigenvalue weighted by Crippen LogP contribution is 2.33. The summed E-state index contributed by atoms with van der Waals surface area (Å²) in [4.78, 5) is 27.0. The zero-order chi connectivity index (χ0) is 18.8. The van der Waals surface area contributed by atoms with Crippen molar-refractivity contribution in [3.8, 4) is 5.75 Å². The van der Waals surface area contributed by atoms with Gasteiger partial charge in [0.05, 0.1) is 12.8 Å². The van der Waals surface area contributed by atoms with E-state index < -0.39 is 0 Å². The largest absolute Gasteiger partial charge is 0.494 e. The van der Waals surface area contributed by atoms with E-state index in [0.29, 0.717) is 43.9 Å². The number of methoxy groups -OCH3 is 1. The van der Waals surface area contributed by atoms with E-state index in [2.05, 4.69) is 20.3 Å². The fraction of sp³-hybridized carbons (Fsp3) is 0.188. The predicted molar refractivity (Wildman–Crippen MR) is 102 cm³/mol. The van der Waals surface area contributed by atoms with Gasteiger partial charge in [0, 0.05) is 37.6 Å². The number of nitrogen functional groups attached to an aromatic ring is 1. The van der Waals surface area contributed by atoms with E-state index >= 15 is 0 Å². The first-order chi connectivity index (χ1) is 12.4. The van der Waals surface area contributed by atoms with Gasteiger partial charge in [0.15, 0.2) is 10.8 Å². The summed E-state index contributed by atoms with van der Waals surface area (Å²) in [7, 11) is 4.85. The number of benzene rings is 1. The molecule has 134 valence electrons. The van der Waals surface area contributed by atoms with Crippen molar-refractivity contribution in [3.05, 3.63) is 29.0 Å². The summed E-state index contributed by atoms with van der Waals surface area (Å²) < 4.78 is 5.35. The molecule has 2 aromatic heterocycles. The van der Waals surface area contributed by atoms with E-state index in [0.717, 1.165) is 6.21 Å². The van der Waals surface area contributed by atoms with E-state index in [-0.39, 0.29) is 5.91 Å². The summed E-state index contributed by atoms with van der Waals surface area (Å²) in [6.07, 6.45) is 2.56. The minimum absolute atomic E-state index is 0.199. The Balaban J connectivity index is 2.07. The zero-order valence-electron chi connectivity index (χ0n) is 14.4. The van der Waals surface area contributed by atoms with E-state index in [9.17, 15) is 4.79 Å². The maximum absolute atomic E-state index is 12.2. The number of hydrogen-bond acceptors (Lipinski definition) is 9. The number of carbonyl (C=O) groups is 1. The Morgan fingerprint density at radius 2 is 2.15 bits per heavy atom. The first-order valence-corrected chi connectivity index (χ1v) is 8.34. The normalized spacial score (nSPS) is 10.6. The summed E-state index contributed by atoms with van der Waals surface area (Å²) >= 11 is 1.20. The fourth-order valence-corrected chi connectivity index (χ4v) is 3.19. The third-order valence-corrected chi connectivity index (χ3v) is 4.55. The van der Waals surface area contributed by atoms with Gasteiger partial charge in [-0.3, -0.25) is 4.79 Å². The van der Waals surface area contributed by atoms with Crippen molar-refractivity contribution < 1.29 is 9.53 Å². The number of fused-ring (bicyclic) bond motifs is 1. The smallest absolute Gasteiger partial charge is 0.282 e. The number of rotatable bonds is 5. The molecule has 0 spiro atoms. The molecule has 10 heteroatoms. The lowest BCUT2D eigenvalue weighted by Gasteiger charge is -2.13. The van der Waals surface area contributed by atoms with Crippen molar-refractivity contribution in [1.82, 2.24) is 19.9 Å². The molecule has 0 saturated carbocycles. The maximum Gasteiger partial charge on any atom is 0.282 e. The molecule has 0 fully saturated rings. The minimum atomic E-state index is -0.199. The first kappa shape index (κ1) is 17.5. The number of amides is 1. The van der Waals surface area contributed by atoms with Crippen molar-refractivity contribution in [2.75, 3.05) is 32.3 Å². The Hall–Kier alpha value is -3.27. The van der Waals surface area contributed by atoms with Crippen LogP contribution in [0.3, 0.4) is 0 Å². The van der Waals surface area contributed by atoms with Crippen LogP contribution in [0.4, 0.5) is 17.2 Å². The van der Waals surface area contributed by atoms with Crippen LogP contribution >= 0.6 is 11.3 Å². The molecule has 0 saturated heterocycles. The summed E-state index contributed by atoms with van der Waals surface area (Å²) in [5.41, 5.74) is 7.92. The second-order valence-electron chi connectivity index (χ2n) is 5.55. The molecule has 0 aliphatic carbocycles. The molecule has 0 atom stereocenters. The fourth-order valence-electron chi connectivity index (χ4n) is 2.26. The summed E-state index contributed by atoms with van der Waals surface area (Å²) in [6.45, 7) is 0. The molecule has 26 heavy (non-hydrogen) atoms. The summed E-state index contributed by atoms with van der Waals surface area (Å²) in [6, 6.07) is 3.32. The molecule has 0 aliphatic heterocycles. The monoisotopic (exact) mass is 371 g/mol. The molecule has 0 aliphatic rings. The van der Waals surface area contributed by atoms with Crippen LogP contribution in [0.25, 0.3) is 10.3 Å². The molecule has 1 aromatic carbocycles. The Bertz CT molecular complexity index is 1000. The van der Waals surface area contributed by atoms with Crippen molar-refractivity contribution in [2.45, 2.75) is 0 Å². The summed E-state index contributed by atoms with van der Waals surface area (Å²) in [5.74, 6) is 0.734. The van der Waals surface area contributed by atoms with E-state index in [4.69, 9.17) is 15.9 Å². The van der Waals surface area contributed by atoms with Gasteiger partial charge in [-0.2, -0.15) is 0 Å². The lowest BCUT2D eigenvalue weighted by atomic mass is 10.1. The number of nitrogens with two attached hydrogens (primary N) is 1. The molecule has 0 unspecified atom stereocenters. The van der Waals surface area contributed by atoms with Gasteiger partial charge in [-0.05, 0) is 6.07 Å². The van der Waals surface area contributed by atoms with Crippen LogP contribution in [0.5, 0.6) is 5.75 Å². The van der Waals surface area contributed by atoms with Gasteiger partial charge in [-0.25, -0.2) is 15.0 Å². The van der Waals surface area contributed by atoms with E-state index in [1.165, 1.54) is 29.7 Å². The average Bonchev–Trinajstić information content (AvgIpc) is 3.07. The molecule has 2 heterocycles. The SMILES string of the molecule is COc1cc(N)c(C=N)cc1Nc1ncnc2sc(C(=O)N(C)C)nc12. The van der Waals surface area contributed by atoms with Gasteiger partial charge >= 0.3 is 0 Å². The number of thiazole rings is 1. The topological polar surface area (TPSA) is 130 Å². The number of hydrogen-bond donors (Lipinski definition) is 3. The van der Waals surface area contributed by atoms with Crippen LogP contribution in [0.1, 0.15) is 15.4 Å². The van der Waals surface area contributed by atoms with Crippen LogP contribution in [-0.4, -0.2) is 53.2 Å². The molecule has 4 N–H and O–H groups in total. The van der Waals surface area contributed by atoms with Crippen LogP contribution in [0.2, 0.25) is 0 Å². The average molecular weight is 371 g/mol. The quantitative estimate of drug-likeness (QED) is 0.462. The van der Waals surface area contributed by atoms with Crippen LogP contribution in [0, 0.1) is 5.41 Å². The minimum Gasteiger partial charge on any atom is -0.494 e. The van der Waals surface area contributed by atoms with E-state index in [1.807, 2.05) is 0 Å². The van der Waals surface area contributed by atoms with Crippen molar-refractivity contribution in [1.29, 1.82) is 5.41 Å². The highest BCUT2D eigenvalue weighted by molar-refractivity contribution is 7.19. The molecule has 1 amide bonds. The molecule has 9 nitrogen and oxygen atoms in total. The van der Waals surface area contributed by atoms with Gasteiger partial charge in [-0.1, -0.05) is 11.3 Å².